The van der Waals surface area contributed by atoms with Gasteiger partial charge in [-0.1, -0.05) is 12.1 Å². The van der Waals surface area contributed by atoms with Crippen LogP contribution in [0, 0.1) is 0 Å². The number of nitrogens with zero attached hydrogens (tertiary/aromatic N) is 1. The van der Waals surface area contributed by atoms with E-state index in [1.807, 2.05) is 24.3 Å². The number of para-hydroxylation sites is 1. The van der Waals surface area contributed by atoms with Crippen LogP contribution in [0.3, 0.4) is 0 Å². The summed E-state index contributed by atoms with van der Waals surface area (Å²) in [5, 5.41) is 8.63. The molecule has 0 bridgehead atoms. The molecule has 1 aliphatic heterocycles. The van der Waals surface area contributed by atoms with E-state index in [1.54, 1.807) is 7.11 Å². The number of carboxylic acids is 1. The molecule has 0 aromatic heterocycles. The summed E-state index contributed by atoms with van der Waals surface area (Å²) in [6.07, 6.45) is 0.415. The van der Waals surface area contributed by atoms with Crippen LogP contribution in [0.1, 0.15) is 18.4 Å². The standard InChI is InChI=1S/C13H15NO4/c1-17-11-5-3-2-4-10(11)13-14-8-9(18-13)6-7-12(15)16/h2-5,9H,6-8H2,1H3,(H,15,16). The Labute approximate surface area is 105 Å². The van der Waals surface area contributed by atoms with Crippen molar-refractivity contribution in [1.29, 1.82) is 0 Å². The van der Waals surface area contributed by atoms with Gasteiger partial charge in [-0.2, -0.15) is 0 Å². The smallest absolute Gasteiger partial charge is 0.303 e. The molecule has 0 saturated heterocycles. The van der Waals surface area contributed by atoms with Gasteiger partial charge >= 0.3 is 5.97 Å². The fraction of sp³-hybridized carbons (Fsp3) is 0.385. The molecular formula is C13H15NO4. The summed E-state index contributed by atoms with van der Waals surface area (Å²) in [6.45, 7) is 0.501. The van der Waals surface area contributed by atoms with Crippen LogP contribution in [0.5, 0.6) is 5.75 Å². The second-order valence-corrected chi connectivity index (χ2v) is 4.02. The third-order valence-corrected chi connectivity index (χ3v) is 2.73. The third-order valence-electron chi connectivity index (χ3n) is 2.73. The molecule has 1 N–H and O–H groups in total. The molecule has 5 heteroatoms. The lowest BCUT2D eigenvalue weighted by Gasteiger charge is -2.11. The van der Waals surface area contributed by atoms with E-state index in [-0.39, 0.29) is 12.5 Å². The Morgan fingerprint density at radius 1 is 1.56 bits per heavy atom. The second-order valence-electron chi connectivity index (χ2n) is 4.02. The second kappa shape index (κ2) is 5.53. The predicted octanol–water partition coefficient (Wildman–Crippen LogP) is 1.71. The van der Waals surface area contributed by atoms with Gasteiger partial charge in [0.05, 0.1) is 19.2 Å². The van der Waals surface area contributed by atoms with E-state index in [2.05, 4.69) is 4.99 Å². The Balaban J connectivity index is 2.01. The van der Waals surface area contributed by atoms with Crippen LogP contribution in [0.25, 0.3) is 0 Å². The van der Waals surface area contributed by atoms with Gasteiger partial charge < -0.3 is 14.6 Å². The summed E-state index contributed by atoms with van der Waals surface area (Å²) >= 11 is 0. The number of rotatable bonds is 5. The van der Waals surface area contributed by atoms with Crippen molar-refractivity contribution in [2.24, 2.45) is 4.99 Å². The van der Waals surface area contributed by atoms with Crippen molar-refractivity contribution in [1.82, 2.24) is 0 Å². The fourth-order valence-electron chi connectivity index (χ4n) is 1.82. The first-order valence-electron chi connectivity index (χ1n) is 5.77. The van der Waals surface area contributed by atoms with Crippen LogP contribution >= 0.6 is 0 Å². The Morgan fingerprint density at radius 2 is 2.33 bits per heavy atom. The minimum absolute atomic E-state index is 0.0966. The Bertz CT molecular complexity index is 470. The topological polar surface area (TPSA) is 68.1 Å². The lowest BCUT2D eigenvalue weighted by atomic mass is 10.2. The summed E-state index contributed by atoms with van der Waals surface area (Å²) in [7, 11) is 1.59. The molecule has 1 atom stereocenters. The van der Waals surface area contributed by atoms with Gasteiger partial charge in [0.15, 0.2) is 0 Å². The largest absolute Gasteiger partial charge is 0.496 e. The SMILES string of the molecule is COc1ccccc1C1=NCC(CCC(=O)O)O1. The van der Waals surface area contributed by atoms with Crippen LogP contribution in [-0.2, 0) is 9.53 Å². The molecule has 0 radical (unpaired) electrons. The maximum Gasteiger partial charge on any atom is 0.303 e. The van der Waals surface area contributed by atoms with Crippen molar-refractivity contribution in [3.05, 3.63) is 29.8 Å². The maximum atomic E-state index is 10.5. The van der Waals surface area contributed by atoms with Crippen LogP contribution in [0.15, 0.2) is 29.3 Å². The number of aliphatic carboxylic acids is 1. The van der Waals surface area contributed by atoms with Crippen LogP contribution in [0.2, 0.25) is 0 Å². The van der Waals surface area contributed by atoms with Gasteiger partial charge in [0.1, 0.15) is 11.9 Å². The zero-order valence-corrected chi connectivity index (χ0v) is 10.1. The summed E-state index contributed by atoms with van der Waals surface area (Å²) in [5.74, 6) is 0.419. The number of ether oxygens (including phenoxy) is 2. The number of hydrogen-bond donors (Lipinski definition) is 1. The molecule has 5 nitrogen and oxygen atoms in total. The molecule has 0 amide bonds. The molecule has 18 heavy (non-hydrogen) atoms. The Hall–Kier alpha value is -2.04. The van der Waals surface area contributed by atoms with E-state index < -0.39 is 5.97 Å². The summed E-state index contributed by atoms with van der Waals surface area (Å²) < 4.78 is 10.9. The zero-order chi connectivity index (χ0) is 13.0. The molecule has 1 aromatic carbocycles. The Morgan fingerprint density at radius 3 is 3.06 bits per heavy atom. The van der Waals surface area contributed by atoms with E-state index in [0.29, 0.717) is 24.6 Å². The molecule has 0 spiro atoms. The van der Waals surface area contributed by atoms with Crippen LogP contribution in [0.4, 0.5) is 0 Å². The first-order chi connectivity index (χ1) is 8.70. The van der Waals surface area contributed by atoms with Crippen molar-refractivity contribution < 1.29 is 19.4 Å². The van der Waals surface area contributed by atoms with Crippen molar-refractivity contribution in [2.45, 2.75) is 18.9 Å². The average Bonchev–Trinajstić information content (AvgIpc) is 2.85. The molecule has 1 aromatic rings. The maximum absolute atomic E-state index is 10.5. The highest BCUT2D eigenvalue weighted by Crippen LogP contribution is 2.23. The first-order valence-corrected chi connectivity index (χ1v) is 5.77. The minimum atomic E-state index is -0.815. The number of hydrogen-bond acceptors (Lipinski definition) is 4. The van der Waals surface area contributed by atoms with Gasteiger partial charge in [0, 0.05) is 6.42 Å². The van der Waals surface area contributed by atoms with Gasteiger partial charge in [-0.05, 0) is 18.6 Å². The molecule has 1 aliphatic rings. The van der Waals surface area contributed by atoms with Crippen LogP contribution in [-0.4, -0.2) is 36.7 Å². The van der Waals surface area contributed by atoms with Crippen molar-refractivity contribution >= 4 is 11.9 Å². The number of aliphatic imine (C=N–C) groups is 1. The van der Waals surface area contributed by atoms with Gasteiger partial charge in [-0.3, -0.25) is 4.79 Å². The van der Waals surface area contributed by atoms with Gasteiger partial charge in [-0.25, -0.2) is 4.99 Å². The highest BCUT2D eigenvalue weighted by molar-refractivity contribution is 5.97. The lowest BCUT2D eigenvalue weighted by Crippen LogP contribution is -2.15. The normalized spacial score (nSPS) is 18.1. The molecule has 2 rings (SSSR count). The molecule has 1 unspecified atom stereocenters. The average molecular weight is 249 g/mol. The van der Waals surface area contributed by atoms with Crippen LogP contribution < -0.4 is 4.74 Å². The number of carbonyl (C=O) groups is 1. The quantitative estimate of drug-likeness (QED) is 0.862. The van der Waals surface area contributed by atoms with Gasteiger partial charge in [-0.15, -0.1) is 0 Å². The first kappa shape index (κ1) is 12.4. The summed E-state index contributed by atoms with van der Waals surface area (Å²) in [6, 6.07) is 7.47. The van der Waals surface area contributed by atoms with E-state index >= 15 is 0 Å². The van der Waals surface area contributed by atoms with Crippen molar-refractivity contribution in [3.63, 3.8) is 0 Å². The lowest BCUT2D eigenvalue weighted by molar-refractivity contribution is -0.137. The summed E-state index contributed by atoms with van der Waals surface area (Å²) in [4.78, 5) is 14.8. The fourth-order valence-corrected chi connectivity index (χ4v) is 1.82. The minimum Gasteiger partial charge on any atom is -0.496 e. The molecular weight excluding hydrogens is 234 g/mol. The Kier molecular flexibility index (Phi) is 3.82. The zero-order valence-electron chi connectivity index (χ0n) is 10.1. The molecule has 0 fully saturated rings. The molecule has 0 aliphatic carbocycles. The van der Waals surface area contributed by atoms with Crippen molar-refractivity contribution in [3.8, 4) is 5.75 Å². The highest BCUT2D eigenvalue weighted by Gasteiger charge is 2.23. The third kappa shape index (κ3) is 2.80. The molecule has 96 valence electrons. The monoisotopic (exact) mass is 249 g/mol. The summed E-state index contributed by atoms with van der Waals surface area (Å²) in [5.41, 5.74) is 0.804. The number of methoxy groups -OCH3 is 1. The number of benzene rings is 1. The van der Waals surface area contributed by atoms with E-state index in [9.17, 15) is 4.79 Å². The number of carboxylic acid groups (broad SMARTS) is 1. The highest BCUT2D eigenvalue weighted by atomic mass is 16.5. The van der Waals surface area contributed by atoms with E-state index in [1.165, 1.54) is 0 Å². The molecule has 1 heterocycles. The van der Waals surface area contributed by atoms with E-state index in [4.69, 9.17) is 14.6 Å². The van der Waals surface area contributed by atoms with Gasteiger partial charge in [0.2, 0.25) is 5.90 Å². The van der Waals surface area contributed by atoms with Crippen molar-refractivity contribution in [2.75, 3.05) is 13.7 Å². The molecule has 0 saturated carbocycles. The van der Waals surface area contributed by atoms with Gasteiger partial charge in [0.25, 0.3) is 0 Å². The predicted molar refractivity (Wildman–Crippen MR) is 66.1 cm³/mol. The van der Waals surface area contributed by atoms with E-state index in [0.717, 1.165) is 5.56 Å².